The second kappa shape index (κ2) is 11.0. The average Bonchev–Trinajstić information content (AvgIpc) is 2.92. The lowest BCUT2D eigenvalue weighted by Gasteiger charge is -2.26. The third kappa shape index (κ3) is 6.16. The van der Waals surface area contributed by atoms with Gasteiger partial charge in [0.05, 0.1) is 13.1 Å². The number of hydrogen-bond donors (Lipinski definition) is 4. The summed E-state index contributed by atoms with van der Waals surface area (Å²) in [6, 6.07) is 19.3. The number of anilines is 2. The predicted octanol–water partition coefficient (Wildman–Crippen LogP) is 3.92. The zero-order valence-corrected chi connectivity index (χ0v) is 20.3. The first-order valence-corrected chi connectivity index (χ1v) is 12.0. The summed E-state index contributed by atoms with van der Waals surface area (Å²) in [6.07, 6.45) is -0.600. The molecule has 192 valence electrons. The van der Waals surface area contributed by atoms with E-state index in [0.717, 1.165) is 5.56 Å². The van der Waals surface area contributed by atoms with E-state index in [1.165, 1.54) is 0 Å². The third-order valence-electron chi connectivity index (χ3n) is 5.86. The van der Waals surface area contributed by atoms with Gasteiger partial charge in [0, 0.05) is 11.4 Å². The van der Waals surface area contributed by atoms with Crippen LogP contribution in [-0.4, -0.2) is 50.6 Å². The smallest absolute Gasteiger partial charge is 0.319 e. The van der Waals surface area contributed by atoms with Crippen LogP contribution in [0.3, 0.4) is 0 Å². The molecule has 0 unspecified atom stereocenters. The molecule has 2 heterocycles. The Balaban J connectivity index is 1.08. The molecule has 0 bridgehead atoms. The number of aryl methyl sites for hydroxylation is 1. The van der Waals surface area contributed by atoms with E-state index in [4.69, 9.17) is 18.9 Å². The maximum atomic E-state index is 12.5. The van der Waals surface area contributed by atoms with Gasteiger partial charge in [0.1, 0.15) is 13.2 Å². The van der Waals surface area contributed by atoms with Crippen LogP contribution < -0.4 is 40.2 Å². The number of para-hydroxylation sites is 4. The topological polar surface area (TPSA) is 119 Å². The van der Waals surface area contributed by atoms with Crippen molar-refractivity contribution >= 4 is 23.4 Å². The first-order valence-electron chi connectivity index (χ1n) is 12.0. The highest BCUT2D eigenvalue weighted by Crippen LogP contribution is 2.31. The van der Waals surface area contributed by atoms with Gasteiger partial charge >= 0.3 is 12.1 Å². The number of carbonyl (C=O) groups excluding carboxylic acids is 2. The van der Waals surface area contributed by atoms with Crippen LogP contribution in [0.15, 0.2) is 66.7 Å². The van der Waals surface area contributed by atoms with Gasteiger partial charge in [-0.05, 0) is 48.9 Å². The molecule has 10 nitrogen and oxygen atoms in total. The Bertz CT molecular complexity index is 1280. The standard InChI is InChI=1S/C27H28N4O6/c1-17-10-11-18(30-26(32)28-13-19-15-34-22-6-2-4-8-24(22)36-19)12-21(17)31-27(33)29-14-20-16-35-23-7-3-5-9-25(23)37-20/h2-12,19-20H,13-16H2,1H3,(H2,28,30,32)(H2,29,31,33)/t19-,20+/m1/s1. The van der Waals surface area contributed by atoms with Crippen LogP contribution in [0.1, 0.15) is 5.56 Å². The van der Waals surface area contributed by atoms with E-state index in [0.29, 0.717) is 47.6 Å². The SMILES string of the molecule is Cc1ccc(NC(=O)NC[C@@H]2COc3ccccc3O2)cc1NC(=O)NC[C@H]1COc2ccccc2O1. The monoisotopic (exact) mass is 504 g/mol. The quantitative estimate of drug-likeness (QED) is 0.404. The van der Waals surface area contributed by atoms with E-state index in [1.807, 2.05) is 61.5 Å². The fourth-order valence-electron chi connectivity index (χ4n) is 3.92. The summed E-state index contributed by atoms with van der Waals surface area (Å²) >= 11 is 0. The predicted molar refractivity (Wildman–Crippen MR) is 138 cm³/mol. The second-order valence-corrected chi connectivity index (χ2v) is 8.69. The Morgan fingerprint density at radius 1 is 0.730 bits per heavy atom. The van der Waals surface area contributed by atoms with Crippen molar-refractivity contribution in [2.24, 2.45) is 0 Å². The maximum absolute atomic E-state index is 12.5. The van der Waals surface area contributed by atoms with E-state index in [1.54, 1.807) is 12.1 Å². The Morgan fingerprint density at radius 3 is 1.81 bits per heavy atom. The summed E-state index contributed by atoms with van der Waals surface area (Å²) in [4.78, 5) is 24.9. The van der Waals surface area contributed by atoms with Gasteiger partial charge in [-0.15, -0.1) is 0 Å². The molecule has 0 aliphatic carbocycles. The summed E-state index contributed by atoms with van der Waals surface area (Å²) in [5, 5.41) is 11.2. The summed E-state index contributed by atoms with van der Waals surface area (Å²) in [7, 11) is 0. The highest BCUT2D eigenvalue weighted by molar-refractivity contribution is 5.93. The lowest BCUT2D eigenvalue weighted by Crippen LogP contribution is -2.42. The molecule has 3 aromatic rings. The minimum absolute atomic E-state index is 0.275. The van der Waals surface area contributed by atoms with Gasteiger partial charge in [-0.1, -0.05) is 30.3 Å². The van der Waals surface area contributed by atoms with Crippen molar-refractivity contribution in [3.05, 3.63) is 72.3 Å². The van der Waals surface area contributed by atoms with E-state index in [-0.39, 0.29) is 31.3 Å². The molecular weight excluding hydrogens is 476 g/mol. The molecule has 4 amide bonds. The summed E-state index contributed by atoms with van der Waals surface area (Å²) < 4.78 is 23.1. The lowest BCUT2D eigenvalue weighted by atomic mass is 10.2. The van der Waals surface area contributed by atoms with Crippen LogP contribution in [0.5, 0.6) is 23.0 Å². The summed E-state index contributed by atoms with van der Waals surface area (Å²) in [6.45, 7) is 3.10. The molecule has 0 saturated carbocycles. The van der Waals surface area contributed by atoms with Crippen LogP contribution in [0.25, 0.3) is 0 Å². The van der Waals surface area contributed by atoms with E-state index < -0.39 is 6.03 Å². The number of nitrogens with one attached hydrogen (secondary N) is 4. The van der Waals surface area contributed by atoms with Crippen LogP contribution >= 0.6 is 0 Å². The zero-order chi connectivity index (χ0) is 25.6. The molecule has 2 aliphatic rings. The second-order valence-electron chi connectivity index (χ2n) is 8.69. The number of fused-ring (bicyclic) bond motifs is 2. The number of carbonyl (C=O) groups is 2. The highest BCUT2D eigenvalue weighted by atomic mass is 16.6. The number of rotatable bonds is 6. The molecule has 3 aromatic carbocycles. The van der Waals surface area contributed by atoms with Gasteiger partial charge in [0.15, 0.2) is 35.2 Å². The number of ether oxygens (including phenoxy) is 4. The fourth-order valence-corrected chi connectivity index (χ4v) is 3.92. The molecule has 0 fully saturated rings. The van der Waals surface area contributed by atoms with Gasteiger partial charge in [-0.3, -0.25) is 0 Å². The molecule has 5 rings (SSSR count). The third-order valence-corrected chi connectivity index (χ3v) is 5.86. The van der Waals surface area contributed by atoms with Crippen LogP contribution in [0.4, 0.5) is 21.0 Å². The molecule has 0 saturated heterocycles. The first-order chi connectivity index (χ1) is 18.0. The van der Waals surface area contributed by atoms with Crippen molar-refractivity contribution in [2.45, 2.75) is 19.1 Å². The minimum atomic E-state index is -0.392. The van der Waals surface area contributed by atoms with E-state index in [9.17, 15) is 9.59 Å². The van der Waals surface area contributed by atoms with Crippen molar-refractivity contribution in [2.75, 3.05) is 36.9 Å². The molecule has 2 aliphatic heterocycles. The molecule has 2 atom stereocenters. The van der Waals surface area contributed by atoms with Crippen LogP contribution in [-0.2, 0) is 0 Å². The van der Waals surface area contributed by atoms with Crippen LogP contribution in [0.2, 0.25) is 0 Å². The number of amides is 4. The Hall–Kier alpha value is -4.60. The van der Waals surface area contributed by atoms with Crippen molar-refractivity contribution in [3.8, 4) is 23.0 Å². The van der Waals surface area contributed by atoms with Crippen molar-refractivity contribution in [1.82, 2.24) is 10.6 Å². The van der Waals surface area contributed by atoms with Crippen molar-refractivity contribution in [1.29, 1.82) is 0 Å². The van der Waals surface area contributed by atoms with Crippen molar-refractivity contribution in [3.63, 3.8) is 0 Å². The first kappa shape index (κ1) is 24.1. The van der Waals surface area contributed by atoms with Crippen LogP contribution in [0, 0.1) is 6.92 Å². The molecule has 4 N–H and O–H groups in total. The Morgan fingerprint density at radius 2 is 1.24 bits per heavy atom. The molecule has 0 spiro atoms. The number of benzene rings is 3. The number of urea groups is 2. The molecule has 0 aromatic heterocycles. The highest BCUT2D eigenvalue weighted by Gasteiger charge is 2.22. The van der Waals surface area contributed by atoms with E-state index >= 15 is 0 Å². The summed E-state index contributed by atoms with van der Waals surface area (Å²) in [5.41, 5.74) is 1.95. The van der Waals surface area contributed by atoms with Gasteiger partial charge in [-0.25, -0.2) is 9.59 Å². The summed E-state index contributed by atoms with van der Waals surface area (Å²) in [5.74, 6) is 2.69. The fraction of sp³-hybridized carbons (Fsp3) is 0.259. The van der Waals surface area contributed by atoms with Crippen molar-refractivity contribution < 1.29 is 28.5 Å². The Labute approximate surface area is 214 Å². The van der Waals surface area contributed by atoms with Gasteiger partial charge in [-0.2, -0.15) is 0 Å². The zero-order valence-electron chi connectivity index (χ0n) is 20.3. The van der Waals surface area contributed by atoms with Gasteiger partial charge < -0.3 is 40.2 Å². The number of hydrogen-bond acceptors (Lipinski definition) is 6. The molecule has 0 radical (unpaired) electrons. The lowest BCUT2D eigenvalue weighted by molar-refractivity contribution is 0.0922. The van der Waals surface area contributed by atoms with Gasteiger partial charge in [0.2, 0.25) is 0 Å². The molecule has 37 heavy (non-hydrogen) atoms. The maximum Gasteiger partial charge on any atom is 0.319 e. The van der Waals surface area contributed by atoms with E-state index in [2.05, 4.69) is 21.3 Å². The Kier molecular flexibility index (Phi) is 7.16. The van der Waals surface area contributed by atoms with Gasteiger partial charge in [0.25, 0.3) is 0 Å². The largest absolute Gasteiger partial charge is 0.486 e. The molecule has 10 heteroatoms. The minimum Gasteiger partial charge on any atom is -0.486 e. The normalized spacial score (nSPS) is 17.3. The average molecular weight is 505 g/mol. The molecular formula is C27H28N4O6.